The van der Waals surface area contributed by atoms with Crippen molar-refractivity contribution < 1.29 is 28.7 Å². The maximum Gasteiger partial charge on any atom is 0.162 e. The number of ketones is 4. The molecule has 8 rings (SSSR count). The van der Waals surface area contributed by atoms with Gasteiger partial charge in [-0.05, 0) is 49.4 Å². The Bertz CT molecular complexity index is 935. The fourth-order valence-corrected chi connectivity index (χ4v) is 10.8. The maximum atomic E-state index is 12.3. The molecule has 8 aliphatic rings. The first-order chi connectivity index (χ1) is 17.3. The van der Waals surface area contributed by atoms with Crippen molar-refractivity contribution in [3.8, 4) is 0 Å². The van der Waals surface area contributed by atoms with Crippen LogP contribution in [0, 0.1) is 46.3 Å². The molecule has 0 amide bonds. The predicted molar refractivity (Wildman–Crippen MR) is 130 cm³/mol. The number of hydrogen-bond donors (Lipinski definition) is 0. The summed E-state index contributed by atoms with van der Waals surface area (Å²) in [4.78, 5) is 49.0. The lowest BCUT2D eigenvalue weighted by Crippen LogP contribution is -2.42. The number of carbonyl (C=O) groups excluding carboxylic acids is 4. The summed E-state index contributed by atoms with van der Waals surface area (Å²) in [7, 11) is 0. The first-order valence-electron chi connectivity index (χ1n) is 14.7. The molecule has 0 unspecified atom stereocenters. The van der Waals surface area contributed by atoms with E-state index in [0.29, 0.717) is 60.9 Å². The zero-order valence-electron chi connectivity index (χ0n) is 21.7. The van der Waals surface area contributed by atoms with Crippen LogP contribution in [0.3, 0.4) is 0 Å². The summed E-state index contributed by atoms with van der Waals surface area (Å²) >= 11 is 0. The van der Waals surface area contributed by atoms with Gasteiger partial charge in [0.15, 0.2) is 11.6 Å². The summed E-state index contributed by atoms with van der Waals surface area (Å²) in [6, 6.07) is 0. The Labute approximate surface area is 213 Å². The Balaban J connectivity index is 0.000000122. The average Bonchev–Trinajstić information content (AvgIpc) is 3.51. The molecule has 0 aromatic heterocycles. The highest BCUT2D eigenvalue weighted by Crippen LogP contribution is 2.65. The second kappa shape index (κ2) is 8.05. The molecular formula is C30H40O6. The molecule has 6 heteroatoms. The minimum atomic E-state index is -0.387. The van der Waals surface area contributed by atoms with Gasteiger partial charge in [0, 0.05) is 36.5 Å². The maximum absolute atomic E-state index is 12.3. The van der Waals surface area contributed by atoms with Crippen LogP contribution in [-0.2, 0) is 28.7 Å². The van der Waals surface area contributed by atoms with Crippen LogP contribution in [0.1, 0.15) is 90.9 Å². The second-order valence-electron chi connectivity index (χ2n) is 13.6. The molecular weight excluding hydrogens is 456 g/mol. The summed E-state index contributed by atoms with van der Waals surface area (Å²) in [5, 5.41) is 0. The first-order valence-corrected chi connectivity index (χ1v) is 14.7. The molecule has 4 aliphatic carbocycles. The summed E-state index contributed by atoms with van der Waals surface area (Å²) in [5.41, 5.74) is 0.0180. The molecule has 196 valence electrons. The van der Waals surface area contributed by atoms with Crippen LogP contribution < -0.4 is 0 Å². The van der Waals surface area contributed by atoms with Gasteiger partial charge in [-0.25, -0.2) is 0 Å². The quantitative estimate of drug-likeness (QED) is 0.498. The number of ether oxygens (including phenoxy) is 2. The topological polar surface area (TPSA) is 86.7 Å². The lowest BCUT2D eigenvalue weighted by molar-refractivity contribution is -0.146. The minimum Gasteiger partial charge on any atom is -0.366 e. The third-order valence-electron chi connectivity index (χ3n) is 12.4. The molecule has 0 N–H and O–H groups in total. The van der Waals surface area contributed by atoms with Crippen LogP contribution >= 0.6 is 0 Å². The van der Waals surface area contributed by atoms with Crippen molar-refractivity contribution >= 4 is 23.1 Å². The van der Waals surface area contributed by atoms with Gasteiger partial charge in [-0.1, -0.05) is 39.5 Å². The van der Waals surface area contributed by atoms with Crippen molar-refractivity contribution in [3.63, 3.8) is 0 Å². The lowest BCUT2D eigenvalue weighted by atomic mass is 9.64. The van der Waals surface area contributed by atoms with Crippen molar-refractivity contribution in [2.45, 2.75) is 115 Å². The minimum absolute atomic E-state index is 0.00900. The van der Waals surface area contributed by atoms with Crippen LogP contribution in [0.5, 0.6) is 0 Å². The largest absolute Gasteiger partial charge is 0.366 e. The number of fused-ring (bicyclic) bond motifs is 4. The van der Waals surface area contributed by atoms with Crippen molar-refractivity contribution in [3.05, 3.63) is 0 Å². The van der Waals surface area contributed by atoms with Crippen LogP contribution in [0.4, 0.5) is 0 Å². The van der Waals surface area contributed by atoms with Crippen molar-refractivity contribution in [2.75, 3.05) is 0 Å². The fourth-order valence-electron chi connectivity index (χ4n) is 10.8. The van der Waals surface area contributed by atoms with Gasteiger partial charge in [-0.15, -0.1) is 0 Å². The van der Waals surface area contributed by atoms with Crippen LogP contribution in [-0.4, -0.2) is 47.5 Å². The molecule has 4 bridgehead atoms. The van der Waals surface area contributed by atoms with E-state index in [1.165, 1.54) is 25.7 Å². The molecule has 0 radical (unpaired) electrons. The molecule has 4 aliphatic heterocycles. The molecule has 2 spiro atoms. The molecule has 36 heavy (non-hydrogen) atoms. The van der Waals surface area contributed by atoms with Crippen LogP contribution in [0.15, 0.2) is 0 Å². The van der Waals surface area contributed by atoms with E-state index in [2.05, 4.69) is 13.8 Å². The molecule has 12 atom stereocenters. The van der Waals surface area contributed by atoms with E-state index < -0.39 is 0 Å². The number of rotatable bonds is 0. The predicted octanol–water partition coefficient (Wildman–Crippen LogP) is 4.26. The fraction of sp³-hybridized carbons (Fsp3) is 0.867. The average molecular weight is 497 g/mol. The number of carbonyl (C=O) groups is 4. The molecule has 6 nitrogen and oxygen atoms in total. The van der Waals surface area contributed by atoms with E-state index in [9.17, 15) is 19.2 Å². The Morgan fingerprint density at radius 3 is 1.44 bits per heavy atom. The van der Waals surface area contributed by atoms with Gasteiger partial charge in [-0.2, -0.15) is 0 Å². The Kier molecular flexibility index (Phi) is 5.30. The number of hydrogen-bond acceptors (Lipinski definition) is 6. The molecule has 0 aromatic carbocycles. The van der Waals surface area contributed by atoms with E-state index in [1.807, 2.05) is 0 Å². The summed E-state index contributed by atoms with van der Waals surface area (Å²) in [5.74, 6) is 2.61. The monoisotopic (exact) mass is 496 g/mol. The smallest absolute Gasteiger partial charge is 0.162 e. The highest BCUT2D eigenvalue weighted by Gasteiger charge is 2.70. The standard InChI is InChI=1S/2C15H20O3/c2*1-8-3-2-4-9-7-11(17)13-12-10(16)5-6-15(8,12)14(9)18-13/h2*8-9,12-14H,2-7H2,1H3/t2*8-,9+,12+,13+,14-,15-/m11/s1. The molecule has 8 fully saturated rings. The van der Waals surface area contributed by atoms with E-state index >= 15 is 0 Å². The van der Waals surface area contributed by atoms with Crippen molar-refractivity contribution in [1.29, 1.82) is 0 Å². The molecule has 4 saturated heterocycles. The normalized spacial score (nSPS) is 54.4. The van der Waals surface area contributed by atoms with Crippen molar-refractivity contribution in [2.24, 2.45) is 46.3 Å². The molecule has 4 saturated carbocycles. The van der Waals surface area contributed by atoms with Gasteiger partial charge in [-0.3, -0.25) is 19.2 Å². The SMILES string of the molecule is C[C@@H]1CCC[C@H]2CC(=O)[C@@H]3O[C@H]2[C@]12CCC(=O)[C@@H]32.C[C@@H]1CCC[C@H]2CC(=O)[C@@H]3O[C@H]2[C@]12CCC(=O)[C@@H]32. The van der Waals surface area contributed by atoms with Crippen LogP contribution in [0.2, 0.25) is 0 Å². The van der Waals surface area contributed by atoms with E-state index in [1.54, 1.807) is 0 Å². The first kappa shape index (κ1) is 23.7. The van der Waals surface area contributed by atoms with Crippen LogP contribution in [0.25, 0.3) is 0 Å². The third kappa shape index (κ3) is 2.86. The second-order valence-corrected chi connectivity index (χ2v) is 13.6. The van der Waals surface area contributed by atoms with Gasteiger partial charge in [0.05, 0.1) is 24.0 Å². The molecule has 0 aromatic rings. The van der Waals surface area contributed by atoms with Gasteiger partial charge in [0.2, 0.25) is 0 Å². The van der Waals surface area contributed by atoms with Gasteiger partial charge in [0.25, 0.3) is 0 Å². The molecule has 4 heterocycles. The van der Waals surface area contributed by atoms with E-state index in [-0.39, 0.29) is 58.6 Å². The van der Waals surface area contributed by atoms with E-state index in [0.717, 1.165) is 25.7 Å². The third-order valence-corrected chi connectivity index (χ3v) is 12.4. The van der Waals surface area contributed by atoms with E-state index in [4.69, 9.17) is 9.47 Å². The number of Topliss-reactive ketones (excluding diaryl/α,β-unsaturated/α-hetero) is 4. The van der Waals surface area contributed by atoms with Gasteiger partial charge >= 0.3 is 0 Å². The highest BCUT2D eigenvalue weighted by atomic mass is 16.5. The summed E-state index contributed by atoms with van der Waals surface area (Å²) in [6.45, 7) is 4.56. The summed E-state index contributed by atoms with van der Waals surface area (Å²) in [6.07, 6.45) is 11.2. The summed E-state index contributed by atoms with van der Waals surface area (Å²) < 4.78 is 12.2. The zero-order chi connectivity index (χ0) is 25.0. The Morgan fingerprint density at radius 2 is 1.03 bits per heavy atom. The van der Waals surface area contributed by atoms with Crippen molar-refractivity contribution in [1.82, 2.24) is 0 Å². The zero-order valence-corrected chi connectivity index (χ0v) is 21.7. The lowest BCUT2D eigenvalue weighted by Gasteiger charge is -2.39. The Morgan fingerprint density at radius 1 is 0.611 bits per heavy atom. The van der Waals surface area contributed by atoms with Gasteiger partial charge < -0.3 is 9.47 Å². The highest BCUT2D eigenvalue weighted by molar-refractivity contribution is 5.96. The van der Waals surface area contributed by atoms with Gasteiger partial charge in [0.1, 0.15) is 23.8 Å². The Hall–Kier alpha value is -1.40.